The Labute approximate surface area is 169 Å². The molecule has 1 N–H and O–H groups in total. The van der Waals surface area contributed by atoms with Gasteiger partial charge in [-0.1, -0.05) is 12.1 Å². The van der Waals surface area contributed by atoms with Gasteiger partial charge in [-0.2, -0.15) is 0 Å². The Hall–Kier alpha value is -3.46. The third-order valence-electron chi connectivity index (χ3n) is 4.30. The molecule has 0 aliphatic heterocycles. The molecule has 148 valence electrons. The van der Waals surface area contributed by atoms with Gasteiger partial charge in [0, 0.05) is 24.7 Å². The van der Waals surface area contributed by atoms with E-state index < -0.39 is 5.82 Å². The molecule has 0 spiro atoms. The molecule has 2 aromatic heterocycles. The first-order chi connectivity index (χ1) is 14.2. The van der Waals surface area contributed by atoms with Gasteiger partial charge < -0.3 is 10.1 Å². The Kier molecular flexibility index (Phi) is 7.12. The van der Waals surface area contributed by atoms with E-state index in [1.54, 1.807) is 48.7 Å². The minimum Gasteiger partial charge on any atom is -0.491 e. The first kappa shape index (κ1) is 20.3. The highest BCUT2D eigenvalue weighted by atomic mass is 19.1. The number of amides is 1. The van der Waals surface area contributed by atoms with Gasteiger partial charge in [-0.25, -0.2) is 9.37 Å². The SMILES string of the molecule is CC#CCCCCOc1cccc(CNC(=O)c2ccc3ncccc3n2)c1F. The number of carbonyl (C=O) groups excluding carboxylic acids is 1. The van der Waals surface area contributed by atoms with Crippen LogP contribution in [0.4, 0.5) is 4.39 Å². The van der Waals surface area contributed by atoms with Gasteiger partial charge in [0.2, 0.25) is 0 Å². The Morgan fingerprint density at radius 2 is 2.03 bits per heavy atom. The quantitative estimate of drug-likeness (QED) is 0.460. The van der Waals surface area contributed by atoms with E-state index in [9.17, 15) is 9.18 Å². The molecule has 1 aromatic carbocycles. The van der Waals surface area contributed by atoms with Crippen LogP contribution < -0.4 is 10.1 Å². The minimum atomic E-state index is -0.461. The molecule has 0 bridgehead atoms. The number of nitrogens with one attached hydrogen (secondary N) is 1. The van der Waals surface area contributed by atoms with E-state index >= 15 is 0 Å². The standard InChI is InChI=1S/C23H22FN3O2/c1-2-3-4-5-6-15-29-21-11-7-9-17(22(21)24)16-26-23(28)20-13-12-18-19(27-20)10-8-14-25-18/h7-14H,4-6,15-16H2,1H3,(H,26,28). The molecule has 3 rings (SSSR count). The highest BCUT2D eigenvalue weighted by Crippen LogP contribution is 2.21. The van der Waals surface area contributed by atoms with Gasteiger partial charge in [-0.05, 0) is 50.1 Å². The number of unbranched alkanes of at least 4 members (excludes halogenated alkanes) is 2. The minimum absolute atomic E-state index is 0.0424. The summed E-state index contributed by atoms with van der Waals surface area (Å²) in [6.07, 6.45) is 4.19. The highest BCUT2D eigenvalue weighted by molar-refractivity contribution is 5.94. The summed E-state index contributed by atoms with van der Waals surface area (Å²) in [4.78, 5) is 20.9. The lowest BCUT2D eigenvalue weighted by Crippen LogP contribution is -2.24. The summed E-state index contributed by atoms with van der Waals surface area (Å²) in [5.41, 5.74) is 1.96. The number of rotatable bonds is 8. The molecule has 0 radical (unpaired) electrons. The summed E-state index contributed by atoms with van der Waals surface area (Å²) >= 11 is 0. The number of pyridine rings is 2. The molecular weight excluding hydrogens is 369 g/mol. The summed E-state index contributed by atoms with van der Waals surface area (Å²) in [6.45, 7) is 2.28. The first-order valence-corrected chi connectivity index (χ1v) is 9.49. The lowest BCUT2D eigenvalue weighted by Gasteiger charge is -2.11. The second-order valence-electron chi connectivity index (χ2n) is 6.38. The summed E-state index contributed by atoms with van der Waals surface area (Å²) in [7, 11) is 0. The van der Waals surface area contributed by atoms with Crippen molar-refractivity contribution in [3.63, 3.8) is 0 Å². The molecule has 5 nitrogen and oxygen atoms in total. The van der Waals surface area contributed by atoms with Crippen LogP contribution in [0.2, 0.25) is 0 Å². The predicted octanol–water partition coefficient (Wildman–Crippen LogP) is 4.27. The Bertz CT molecular complexity index is 1060. The van der Waals surface area contributed by atoms with Crippen LogP contribution in [0.25, 0.3) is 11.0 Å². The molecule has 6 heteroatoms. The Morgan fingerprint density at radius 1 is 1.14 bits per heavy atom. The van der Waals surface area contributed by atoms with Crippen LogP contribution in [0.15, 0.2) is 48.7 Å². The molecular formula is C23H22FN3O2. The fourth-order valence-electron chi connectivity index (χ4n) is 2.78. The zero-order chi connectivity index (χ0) is 20.5. The molecule has 0 aliphatic rings. The number of nitrogens with zero attached hydrogens (tertiary/aromatic N) is 2. The van der Waals surface area contributed by atoms with Crippen LogP contribution in [-0.2, 0) is 6.54 Å². The lowest BCUT2D eigenvalue weighted by molar-refractivity contribution is 0.0946. The van der Waals surface area contributed by atoms with Crippen molar-refractivity contribution < 1.29 is 13.9 Å². The van der Waals surface area contributed by atoms with Gasteiger partial charge in [-0.3, -0.25) is 9.78 Å². The summed E-state index contributed by atoms with van der Waals surface area (Å²) in [6, 6.07) is 11.8. The van der Waals surface area contributed by atoms with Crippen molar-refractivity contribution in [2.45, 2.75) is 32.7 Å². The Morgan fingerprint density at radius 3 is 2.90 bits per heavy atom. The number of ether oxygens (including phenoxy) is 1. The summed E-state index contributed by atoms with van der Waals surface area (Å²) < 4.78 is 20.2. The van der Waals surface area contributed by atoms with E-state index in [2.05, 4.69) is 27.1 Å². The number of carbonyl (C=O) groups is 1. The molecule has 0 unspecified atom stereocenters. The molecule has 3 aromatic rings. The molecule has 0 saturated carbocycles. The van der Waals surface area contributed by atoms with Crippen molar-refractivity contribution in [2.24, 2.45) is 0 Å². The van der Waals surface area contributed by atoms with Gasteiger partial charge in [0.25, 0.3) is 5.91 Å². The highest BCUT2D eigenvalue weighted by Gasteiger charge is 2.12. The van der Waals surface area contributed by atoms with E-state index in [1.165, 1.54) is 0 Å². The van der Waals surface area contributed by atoms with Crippen molar-refractivity contribution in [3.05, 3.63) is 65.7 Å². The number of hydrogen-bond donors (Lipinski definition) is 1. The molecule has 0 atom stereocenters. The van der Waals surface area contributed by atoms with Crippen LogP contribution >= 0.6 is 0 Å². The molecule has 2 heterocycles. The van der Waals surface area contributed by atoms with Crippen LogP contribution in [0.5, 0.6) is 5.75 Å². The second kappa shape index (κ2) is 10.2. The first-order valence-electron chi connectivity index (χ1n) is 9.49. The number of aromatic nitrogens is 2. The van der Waals surface area contributed by atoms with Gasteiger partial charge >= 0.3 is 0 Å². The van der Waals surface area contributed by atoms with E-state index in [-0.39, 0.29) is 23.9 Å². The number of benzene rings is 1. The molecule has 1 amide bonds. The third kappa shape index (κ3) is 5.52. The number of fused-ring (bicyclic) bond motifs is 1. The van der Waals surface area contributed by atoms with E-state index in [1.807, 2.05) is 6.92 Å². The smallest absolute Gasteiger partial charge is 0.270 e. The fourth-order valence-corrected chi connectivity index (χ4v) is 2.78. The van der Waals surface area contributed by atoms with Crippen LogP contribution in [0.3, 0.4) is 0 Å². The number of hydrogen-bond acceptors (Lipinski definition) is 4. The van der Waals surface area contributed by atoms with Gasteiger partial charge in [-0.15, -0.1) is 11.8 Å². The lowest BCUT2D eigenvalue weighted by atomic mass is 10.2. The second-order valence-corrected chi connectivity index (χ2v) is 6.38. The summed E-state index contributed by atoms with van der Waals surface area (Å²) in [5, 5.41) is 2.71. The summed E-state index contributed by atoms with van der Waals surface area (Å²) in [5.74, 6) is 5.18. The molecule has 0 fully saturated rings. The maximum Gasteiger partial charge on any atom is 0.270 e. The van der Waals surface area contributed by atoms with Crippen molar-refractivity contribution in [2.75, 3.05) is 6.61 Å². The fraction of sp³-hybridized carbons (Fsp3) is 0.261. The maximum atomic E-state index is 14.6. The normalized spacial score (nSPS) is 10.3. The predicted molar refractivity (Wildman–Crippen MR) is 110 cm³/mol. The average Bonchev–Trinajstić information content (AvgIpc) is 2.75. The molecule has 0 aliphatic carbocycles. The van der Waals surface area contributed by atoms with Crippen molar-refractivity contribution in [3.8, 4) is 17.6 Å². The van der Waals surface area contributed by atoms with E-state index in [0.29, 0.717) is 23.2 Å². The zero-order valence-corrected chi connectivity index (χ0v) is 16.2. The van der Waals surface area contributed by atoms with Crippen LogP contribution in [0, 0.1) is 17.7 Å². The van der Waals surface area contributed by atoms with Crippen molar-refractivity contribution in [1.29, 1.82) is 0 Å². The van der Waals surface area contributed by atoms with Crippen molar-refractivity contribution >= 4 is 16.9 Å². The zero-order valence-electron chi connectivity index (χ0n) is 16.2. The van der Waals surface area contributed by atoms with Gasteiger partial charge in [0.15, 0.2) is 11.6 Å². The molecule has 0 saturated heterocycles. The van der Waals surface area contributed by atoms with Gasteiger partial charge in [0.05, 0.1) is 17.6 Å². The van der Waals surface area contributed by atoms with E-state index in [0.717, 1.165) is 19.3 Å². The third-order valence-corrected chi connectivity index (χ3v) is 4.30. The largest absolute Gasteiger partial charge is 0.491 e. The Balaban J connectivity index is 1.57. The number of halogens is 1. The van der Waals surface area contributed by atoms with Gasteiger partial charge in [0.1, 0.15) is 5.69 Å². The van der Waals surface area contributed by atoms with Crippen LogP contribution in [0.1, 0.15) is 42.2 Å². The maximum absolute atomic E-state index is 14.6. The molecule has 29 heavy (non-hydrogen) atoms. The monoisotopic (exact) mass is 391 g/mol. The average molecular weight is 391 g/mol. The van der Waals surface area contributed by atoms with Crippen LogP contribution in [-0.4, -0.2) is 22.5 Å². The van der Waals surface area contributed by atoms with E-state index in [4.69, 9.17) is 4.74 Å². The topological polar surface area (TPSA) is 64.1 Å². The van der Waals surface area contributed by atoms with Crippen molar-refractivity contribution in [1.82, 2.24) is 15.3 Å².